The zero-order valence-corrected chi connectivity index (χ0v) is 16.5. The molecule has 3 rings (SSSR count). The summed E-state index contributed by atoms with van der Waals surface area (Å²) in [5, 5.41) is 10.9. The summed E-state index contributed by atoms with van der Waals surface area (Å²) in [5.41, 5.74) is 1.99. The third kappa shape index (κ3) is 3.89. The molecule has 0 bridgehead atoms. The third-order valence-electron chi connectivity index (χ3n) is 4.24. The molecule has 0 fully saturated rings. The number of anilines is 1. The molecule has 1 aromatic heterocycles. The summed E-state index contributed by atoms with van der Waals surface area (Å²) < 4.78 is 5.02. The lowest BCUT2D eigenvalue weighted by molar-refractivity contribution is -0.113. The van der Waals surface area contributed by atoms with Gasteiger partial charge in [0.25, 0.3) is 5.91 Å². The molecule has 1 unspecified atom stereocenters. The molecule has 2 heterocycles. The fourth-order valence-electron chi connectivity index (χ4n) is 2.98. The van der Waals surface area contributed by atoms with Crippen LogP contribution in [-0.2, 0) is 4.79 Å². The van der Waals surface area contributed by atoms with Crippen LogP contribution >= 0.6 is 23.8 Å². The minimum atomic E-state index is -0.486. The van der Waals surface area contributed by atoms with Crippen LogP contribution < -0.4 is 10.6 Å². The van der Waals surface area contributed by atoms with E-state index in [2.05, 4.69) is 22.4 Å². The first-order chi connectivity index (χ1) is 12.9. The molecular weight excluding hydrogens is 384 g/mol. The van der Waals surface area contributed by atoms with Gasteiger partial charge in [0.15, 0.2) is 10.9 Å². The lowest BCUT2D eigenvalue weighted by Crippen LogP contribution is -2.48. The van der Waals surface area contributed by atoms with Gasteiger partial charge in [-0.05, 0) is 37.7 Å². The van der Waals surface area contributed by atoms with Gasteiger partial charge in [0, 0.05) is 23.3 Å². The Morgan fingerprint density at radius 3 is 2.85 bits per heavy atom. The van der Waals surface area contributed by atoms with Gasteiger partial charge < -0.3 is 20.1 Å². The number of carbonyl (C=O) groups excluding carboxylic acids is 1. The van der Waals surface area contributed by atoms with Crippen LogP contribution in [0.15, 0.2) is 58.8 Å². The number of thiocarbonyl (C=S) groups is 1. The highest BCUT2D eigenvalue weighted by molar-refractivity contribution is 7.80. The molecule has 0 aliphatic carbocycles. The quantitative estimate of drug-likeness (QED) is 0.582. The Balaban J connectivity index is 2.06. The van der Waals surface area contributed by atoms with Gasteiger partial charge in [0.2, 0.25) is 0 Å². The Hall–Kier alpha value is -2.64. The second-order valence-corrected chi connectivity index (χ2v) is 6.87. The number of carbonyl (C=O) groups is 1. The second-order valence-electron chi connectivity index (χ2n) is 6.08. The number of halogens is 1. The molecule has 1 aliphatic rings. The van der Waals surface area contributed by atoms with Gasteiger partial charge in [-0.3, -0.25) is 4.79 Å². The largest absolute Gasteiger partial charge is 0.360 e. The first kappa shape index (κ1) is 19.1. The molecule has 1 atom stereocenters. The molecule has 27 heavy (non-hydrogen) atoms. The van der Waals surface area contributed by atoms with Crippen molar-refractivity contribution in [2.45, 2.75) is 19.9 Å². The monoisotopic (exact) mass is 402 g/mol. The fourth-order valence-corrected chi connectivity index (χ4v) is 3.55. The van der Waals surface area contributed by atoms with Crippen molar-refractivity contribution in [2.24, 2.45) is 0 Å². The minimum Gasteiger partial charge on any atom is -0.360 e. The SMILES string of the molecule is C=CCN1C(=S)NC(c2ccccc2Cl)C(C(=O)Nc2cc(C)on2)=C1C. The second kappa shape index (κ2) is 7.94. The molecule has 1 aromatic carbocycles. The van der Waals surface area contributed by atoms with Gasteiger partial charge in [-0.1, -0.05) is 41.0 Å². The lowest BCUT2D eigenvalue weighted by atomic mass is 9.94. The van der Waals surface area contributed by atoms with E-state index in [-0.39, 0.29) is 5.91 Å². The van der Waals surface area contributed by atoms with Gasteiger partial charge in [0.05, 0.1) is 11.6 Å². The number of rotatable bonds is 5. The Morgan fingerprint density at radius 1 is 1.48 bits per heavy atom. The van der Waals surface area contributed by atoms with Crippen molar-refractivity contribution in [3.8, 4) is 0 Å². The average Bonchev–Trinajstić information content (AvgIpc) is 3.03. The maximum absolute atomic E-state index is 13.1. The number of aromatic nitrogens is 1. The van der Waals surface area contributed by atoms with E-state index in [0.717, 1.165) is 11.3 Å². The summed E-state index contributed by atoms with van der Waals surface area (Å²) in [5.74, 6) is 0.642. The Morgan fingerprint density at radius 2 is 2.22 bits per heavy atom. The molecule has 1 amide bonds. The number of hydrogen-bond donors (Lipinski definition) is 2. The molecule has 8 heteroatoms. The number of allylic oxidation sites excluding steroid dienone is 1. The molecule has 0 radical (unpaired) electrons. The van der Waals surface area contributed by atoms with Gasteiger partial charge in [-0.15, -0.1) is 6.58 Å². The zero-order valence-electron chi connectivity index (χ0n) is 15.0. The Bertz CT molecular complexity index is 937. The average molecular weight is 403 g/mol. The predicted molar refractivity (Wildman–Crippen MR) is 109 cm³/mol. The molecule has 1 aliphatic heterocycles. The highest BCUT2D eigenvalue weighted by Gasteiger charge is 2.34. The van der Waals surface area contributed by atoms with E-state index in [1.807, 2.05) is 30.0 Å². The summed E-state index contributed by atoms with van der Waals surface area (Å²) in [6, 6.07) is 8.52. The minimum absolute atomic E-state index is 0.310. The molecule has 0 saturated carbocycles. The summed E-state index contributed by atoms with van der Waals surface area (Å²) >= 11 is 11.9. The van der Waals surface area contributed by atoms with E-state index in [0.29, 0.717) is 33.8 Å². The van der Waals surface area contributed by atoms with Crippen molar-refractivity contribution >= 4 is 40.7 Å². The number of aryl methyl sites for hydroxylation is 1. The van der Waals surface area contributed by atoms with Gasteiger partial charge in [-0.25, -0.2) is 0 Å². The van der Waals surface area contributed by atoms with Crippen LogP contribution in [0.3, 0.4) is 0 Å². The summed E-state index contributed by atoms with van der Waals surface area (Å²) in [6.07, 6.45) is 1.73. The standard InChI is InChI=1S/C19H19ClN4O2S/c1-4-9-24-12(3)16(18(25)21-15-10-11(2)26-23-15)17(22-19(24)27)13-7-5-6-8-14(13)20/h4-8,10,17H,1,9H2,2-3H3,(H,22,27)(H,21,23,25). The van der Waals surface area contributed by atoms with E-state index >= 15 is 0 Å². The van der Waals surface area contributed by atoms with Crippen molar-refractivity contribution in [2.75, 3.05) is 11.9 Å². The number of hydrogen-bond acceptors (Lipinski definition) is 4. The van der Waals surface area contributed by atoms with Crippen LogP contribution in [0.4, 0.5) is 5.82 Å². The third-order valence-corrected chi connectivity index (χ3v) is 4.92. The van der Waals surface area contributed by atoms with Crippen LogP contribution in [0.5, 0.6) is 0 Å². The van der Waals surface area contributed by atoms with Gasteiger partial charge in [0.1, 0.15) is 5.76 Å². The van der Waals surface area contributed by atoms with Crippen LogP contribution in [0.2, 0.25) is 5.02 Å². The number of benzene rings is 1. The van der Waals surface area contributed by atoms with Gasteiger partial charge in [-0.2, -0.15) is 0 Å². The van der Waals surface area contributed by atoms with Crippen molar-refractivity contribution in [3.05, 3.63) is 70.6 Å². The summed E-state index contributed by atoms with van der Waals surface area (Å²) in [7, 11) is 0. The maximum atomic E-state index is 13.1. The molecular formula is C19H19ClN4O2S. The number of amides is 1. The molecule has 6 nitrogen and oxygen atoms in total. The zero-order chi connectivity index (χ0) is 19.6. The van der Waals surface area contributed by atoms with Crippen molar-refractivity contribution in [1.82, 2.24) is 15.4 Å². The van der Waals surface area contributed by atoms with Crippen molar-refractivity contribution < 1.29 is 9.32 Å². The number of nitrogens with one attached hydrogen (secondary N) is 2. The van der Waals surface area contributed by atoms with E-state index < -0.39 is 6.04 Å². The first-order valence-electron chi connectivity index (χ1n) is 8.31. The van der Waals surface area contributed by atoms with Crippen LogP contribution in [-0.4, -0.2) is 27.6 Å². The summed E-state index contributed by atoms with van der Waals surface area (Å²) in [4.78, 5) is 14.9. The lowest BCUT2D eigenvalue weighted by Gasteiger charge is -2.37. The normalized spacial score (nSPS) is 16.9. The molecule has 0 spiro atoms. The van der Waals surface area contributed by atoms with E-state index in [4.69, 9.17) is 28.3 Å². The number of nitrogens with zero attached hydrogens (tertiary/aromatic N) is 2. The van der Waals surface area contributed by atoms with E-state index in [1.54, 1.807) is 25.1 Å². The highest BCUT2D eigenvalue weighted by atomic mass is 35.5. The van der Waals surface area contributed by atoms with Gasteiger partial charge >= 0.3 is 0 Å². The topological polar surface area (TPSA) is 70.4 Å². The Labute approximate surface area is 167 Å². The first-order valence-corrected chi connectivity index (χ1v) is 9.09. The highest BCUT2D eigenvalue weighted by Crippen LogP contribution is 2.34. The van der Waals surface area contributed by atoms with Crippen LogP contribution in [0.25, 0.3) is 0 Å². The molecule has 2 aromatic rings. The van der Waals surface area contributed by atoms with Crippen molar-refractivity contribution in [1.29, 1.82) is 0 Å². The molecule has 140 valence electrons. The smallest absolute Gasteiger partial charge is 0.257 e. The predicted octanol–water partition coefficient (Wildman–Crippen LogP) is 3.97. The van der Waals surface area contributed by atoms with Crippen molar-refractivity contribution in [3.63, 3.8) is 0 Å². The van der Waals surface area contributed by atoms with Crippen LogP contribution in [0.1, 0.15) is 24.3 Å². The van der Waals surface area contributed by atoms with E-state index in [1.165, 1.54) is 0 Å². The molecule has 0 saturated heterocycles. The molecule has 2 N–H and O–H groups in total. The maximum Gasteiger partial charge on any atom is 0.257 e. The summed E-state index contributed by atoms with van der Waals surface area (Å²) in [6.45, 7) is 7.85. The fraction of sp³-hybridized carbons (Fsp3) is 0.211. The van der Waals surface area contributed by atoms with E-state index in [9.17, 15) is 4.79 Å². The Kier molecular flexibility index (Phi) is 5.62. The van der Waals surface area contributed by atoms with Crippen LogP contribution in [0, 0.1) is 6.92 Å².